The molecule has 2 aromatic carbocycles. The van der Waals surface area contributed by atoms with Crippen molar-refractivity contribution >= 4 is 29.5 Å². The number of carboxylic acid groups (broad SMARTS) is 1. The fourth-order valence-corrected chi connectivity index (χ4v) is 4.20. The van der Waals surface area contributed by atoms with Crippen LogP contribution >= 0.6 is 0 Å². The monoisotopic (exact) mass is 541 g/mol. The number of alkyl carbamates (subject to hydrolysis) is 1. The Hall–Kier alpha value is -4.48. The summed E-state index contributed by atoms with van der Waals surface area (Å²) in [6, 6.07) is 10.3. The number of hydrogen-bond acceptors (Lipinski definition) is 6. The third-order valence-electron chi connectivity index (χ3n) is 5.86. The van der Waals surface area contributed by atoms with E-state index in [9.17, 15) is 28.3 Å². The van der Waals surface area contributed by atoms with Crippen LogP contribution in [0.5, 0.6) is 0 Å². The van der Waals surface area contributed by atoms with Crippen molar-refractivity contribution in [2.75, 3.05) is 11.9 Å². The predicted molar refractivity (Wildman–Crippen MR) is 138 cm³/mol. The zero-order valence-corrected chi connectivity index (χ0v) is 21.7. The Morgan fingerprint density at radius 1 is 1.08 bits per heavy atom. The summed E-state index contributed by atoms with van der Waals surface area (Å²) in [5.41, 5.74) is 0.669. The molecule has 0 aliphatic carbocycles. The van der Waals surface area contributed by atoms with E-state index in [1.54, 1.807) is 45.0 Å². The van der Waals surface area contributed by atoms with Gasteiger partial charge in [0.25, 0.3) is 0 Å². The van der Waals surface area contributed by atoms with Crippen molar-refractivity contribution in [3.05, 3.63) is 66.0 Å². The van der Waals surface area contributed by atoms with Crippen molar-refractivity contribution in [2.24, 2.45) is 0 Å². The van der Waals surface area contributed by atoms with Gasteiger partial charge in [0.05, 0.1) is 13.0 Å². The minimum Gasteiger partial charge on any atom is -0.481 e. The third-order valence-corrected chi connectivity index (χ3v) is 5.86. The second-order valence-electron chi connectivity index (χ2n) is 10.1. The number of amides is 2. The number of fused-ring (bicyclic) bond motifs is 1. The summed E-state index contributed by atoms with van der Waals surface area (Å²) in [7, 11) is 0. The number of hydrogen-bond donors (Lipinski definition) is 3. The molecule has 39 heavy (non-hydrogen) atoms. The van der Waals surface area contributed by atoms with Crippen molar-refractivity contribution in [3.63, 3.8) is 0 Å². The molecule has 1 aliphatic heterocycles. The molecule has 1 atom stereocenters. The number of nitrogens with zero attached hydrogens (tertiary/aromatic N) is 3. The fourth-order valence-electron chi connectivity index (χ4n) is 4.20. The van der Waals surface area contributed by atoms with Crippen LogP contribution in [0.1, 0.15) is 33.0 Å². The second-order valence-corrected chi connectivity index (χ2v) is 10.1. The van der Waals surface area contributed by atoms with E-state index in [0.717, 1.165) is 0 Å². The zero-order valence-electron chi connectivity index (χ0n) is 21.7. The number of rotatable bonds is 7. The number of anilines is 2. The van der Waals surface area contributed by atoms with Gasteiger partial charge in [-0.15, -0.1) is 0 Å². The molecule has 0 fully saturated rings. The molecule has 0 saturated heterocycles. The van der Waals surface area contributed by atoms with Crippen LogP contribution in [0.3, 0.4) is 0 Å². The number of benzene rings is 2. The van der Waals surface area contributed by atoms with Crippen molar-refractivity contribution in [3.8, 4) is 11.3 Å². The van der Waals surface area contributed by atoms with E-state index < -0.39 is 47.7 Å². The van der Waals surface area contributed by atoms with Gasteiger partial charge in [-0.05, 0) is 57.2 Å². The molecule has 2 amide bonds. The molecular weight excluding hydrogens is 512 g/mol. The zero-order chi connectivity index (χ0) is 28.3. The summed E-state index contributed by atoms with van der Waals surface area (Å²) in [6.45, 7) is 5.43. The summed E-state index contributed by atoms with van der Waals surface area (Å²) in [6.07, 6.45) is -1.53. The van der Waals surface area contributed by atoms with Gasteiger partial charge < -0.3 is 29.9 Å². The molecule has 3 N–H and O–H groups in total. The number of ether oxygens (including phenoxy) is 1. The van der Waals surface area contributed by atoms with Gasteiger partial charge in [-0.1, -0.05) is 12.1 Å². The molecule has 2 heterocycles. The van der Waals surface area contributed by atoms with E-state index >= 15 is 0 Å². The molecular formula is C27H29F2N5O5. The Bertz CT molecular complexity index is 1380. The predicted octanol–water partition coefficient (Wildman–Crippen LogP) is 4.28. The van der Waals surface area contributed by atoms with Crippen LogP contribution in [0.25, 0.3) is 11.3 Å². The Kier molecular flexibility index (Phi) is 7.84. The Morgan fingerprint density at radius 3 is 2.44 bits per heavy atom. The number of aromatic nitrogens is 2. The molecule has 0 bridgehead atoms. The number of carbonyl (C=O) groups excluding carboxylic acids is 2. The number of carboxylic acids is 1. The molecule has 12 heteroatoms. The van der Waals surface area contributed by atoms with Gasteiger partial charge >= 0.3 is 12.1 Å². The summed E-state index contributed by atoms with van der Waals surface area (Å²) in [5, 5.41) is 14.9. The quantitative estimate of drug-likeness (QED) is 0.408. The average Bonchev–Trinajstić information content (AvgIpc) is 3.20. The van der Waals surface area contributed by atoms with Crippen LogP contribution in [-0.4, -0.2) is 55.7 Å². The maximum Gasteiger partial charge on any atom is 0.408 e. The first-order valence-electron chi connectivity index (χ1n) is 12.3. The van der Waals surface area contributed by atoms with E-state index in [-0.39, 0.29) is 19.6 Å². The lowest BCUT2D eigenvalue weighted by atomic mass is 10.1. The standard InChI is InChI=1S/C27H29F2N5O5/c1-27(2,3)39-26(38)31-20(14-22(35)36)25(37)33-11-12-34-21(15-33)32-23(16-5-4-6-18(29)13-16)24(34)30-19-9-7-17(28)8-10-19/h4-10,13,20,30H,11-12,14-15H2,1-3H3,(H,31,38)(H,35,36)/t20-/m0/s1. The second kappa shape index (κ2) is 11.1. The molecule has 0 saturated carbocycles. The molecule has 206 valence electrons. The van der Waals surface area contributed by atoms with Gasteiger partial charge in [0.15, 0.2) is 0 Å². The number of imidazole rings is 1. The highest BCUT2D eigenvalue weighted by Crippen LogP contribution is 2.33. The first-order valence-corrected chi connectivity index (χ1v) is 12.3. The van der Waals surface area contributed by atoms with Crippen LogP contribution in [0.2, 0.25) is 0 Å². The van der Waals surface area contributed by atoms with Crippen LogP contribution in [0.4, 0.5) is 25.1 Å². The normalized spacial score (nSPS) is 13.8. The smallest absolute Gasteiger partial charge is 0.408 e. The minimum absolute atomic E-state index is 0.0123. The van der Waals surface area contributed by atoms with Crippen LogP contribution in [0, 0.1) is 11.6 Å². The molecule has 1 aromatic heterocycles. The van der Waals surface area contributed by atoms with Crippen LogP contribution in [-0.2, 0) is 27.4 Å². The van der Waals surface area contributed by atoms with Gasteiger partial charge in [-0.25, -0.2) is 18.6 Å². The molecule has 1 aliphatic rings. The summed E-state index contributed by atoms with van der Waals surface area (Å²) >= 11 is 0. The lowest BCUT2D eigenvalue weighted by molar-refractivity contribution is -0.143. The largest absolute Gasteiger partial charge is 0.481 e. The maximum atomic E-state index is 14.1. The highest BCUT2D eigenvalue weighted by atomic mass is 19.1. The van der Waals surface area contributed by atoms with Crippen molar-refractivity contribution in [1.29, 1.82) is 0 Å². The number of carbonyl (C=O) groups is 3. The maximum absolute atomic E-state index is 14.1. The molecule has 0 spiro atoms. The van der Waals surface area contributed by atoms with E-state index in [1.807, 2.05) is 4.57 Å². The van der Waals surface area contributed by atoms with Gasteiger partial charge in [0.2, 0.25) is 5.91 Å². The summed E-state index contributed by atoms with van der Waals surface area (Å²) in [5.74, 6) is -1.72. The number of halogens is 2. The first-order chi connectivity index (χ1) is 18.4. The molecule has 0 unspecified atom stereocenters. The van der Waals surface area contributed by atoms with Crippen molar-refractivity contribution in [1.82, 2.24) is 19.8 Å². The Morgan fingerprint density at radius 2 is 1.79 bits per heavy atom. The SMILES string of the molecule is CC(C)(C)OC(=O)N[C@@H](CC(=O)O)C(=O)N1CCn2c(nc(-c3cccc(F)c3)c2Nc2ccc(F)cc2)C1. The van der Waals surface area contributed by atoms with E-state index in [0.29, 0.717) is 28.6 Å². The Balaban J connectivity index is 1.63. The highest BCUT2D eigenvalue weighted by Gasteiger charge is 2.33. The topological polar surface area (TPSA) is 126 Å². The lowest BCUT2D eigenvalue weighted by Crippen LogP contribution is -2.52. The summed E-state index contributed by atoms with van der Waals surface area (Å²) < 4.78 is 34.5. The van der Waals surface area contributed by atoms with Gasteiger partial charge in [-0.2, -0.15) is 0 Å². The minimum atomic E-state index is -1.35. The van der Waals surface area contributed by atoms with Crippen LogP contribution in [0.15, 0.2) is 48.5 Å². The molecule has 0 radical (unpaired) electrons. The van der Waals surface area contributed by atoms with E-state index in [4.69, 9.17) is 4.74 Å². The summed E-state index contributed by atoms with van der Waals surface area (Å²) in [4.78, 5) is 43.1. The fraction of sp³-hybridized carbons (Fsp3) is 0.333. The van der Waals surface area contributed by atoms with Crippen molar-refractivity contribution in [2.45, 2.75) is 51.9 Å². The third kappa shape index (κ3) is 6.89. The van der Waals surface area contributed by atoms with E-state index in [2.05, 4.69) is 15.6 Å². The number of aliphatic carboxylic acids is 1. The Labute approximate surface area is 223 Å². The van der Waals surface area contributed by atoms with Gasteiger partial charge in [0, 0.05) is 24.3 Å². The highest BCUT2D eigenvalue weighted by molar-refractivity contribution is 5.89. The lowest BCUT2D eigenvalue weighted by Gasteiger charge is -2.31. The molecule has 4 rings (SSSR count). The molecule has 10 nitrogen and oxygen atoms in total. The van der Waals surface area contributed by atoms with Crippen molar-refractivity contribution < 1.29 is 33.0 Å². The van der Waals surface area contributed by atoms with Gasteiger partial charge in [0.1, 0.15) is 40.6 Å². The van der Waals surface area contributed by atoms with E-state index in [1.165, 1.54) is 29.2 Å². The molecule has 3 aromatic rings. The van der Waals surface area contributed by atoms with Crippen LogP contribution < -0.4 is 10.6 Å². The first kappa shape index (κ1) is 27.6. The average molecular weight is 542 g/mol. The van der Waals surface area contributed by atoms with Gasteiger partial charge in [-0.3, -0.25) is 9.59 Å². The number of nitrogens with one attached hydrogen (secondary N) is 2.